The second kappa shape index (κ2) is 11.3. The minimum atomic E-state index is -0.167. The molecule has 0 bridgehead atoms. The summed E-state index contributed by atoms with van der Waals surface area (Å²) in [6.07, 6.45) is 0.172. The van der Waals surface area contributed by atoms with Gasteiger partial charge in [-0.15, -0.1) is 0 Å². The summed E-state index contributed by atoms with van der Waals surface area (Å²) >= 11 is 0. The van der Waals surface area contributed by atoms with Crippen molar-refractivity contribution in [3.63, 3.8) is 0 Å². The van der Waals surface area contributed by atoms with Gasteiger partial charge in [-0.3, -0.25) is 14.5 Å². The number of fused-ring (bicyclic) bond motifs is 1. The van der Waals surface area contributed by atoms with Crippen molar-refractivity contribution >= 4 is 17.5 Å². The minimum Gasteiger partial charge on any atom is -0.491 e. The topological polar surface area (TPSA) is 71.1 Å². The molecule has 7 nitrogen and oxygen atoms in total. The molecule has 3 rings (SSSR count). The Morgan fingerprint density at radius 3 is 2.55 bits per heavy atom. The van der Waals surface area contributed by atoms with Gasteiger partial charge in [-0.1, -0.05) is 37.3 Å². The fourth-order valence-corrected chi connectivity index (χ4v) is 4.02. The van der Waals surface area contributed by atoms with Crippen LogP contribution in [-0.4, -0.2) is 74.7 Å². The van der Waals surface area contributed by atoms with Crippen LogP contribution in [0.4, 0.5) is 5.69 Å². The van der Waals surface area contributed by atoms with E-state index in [0.717, 1.165) is 12.1 Å². The van der Waals surface area contributed by atoms with Crippen LogP contribution in [0.15, 0.2) is 48.5 Å². The molecule has 1 N–H and O–H groups in total. The predicted octanol–water partition coefficient (Wildman–Crippen LogP) is 3.30. The molecule has 7 heteroatoms. The van der Waals surface area contributed by atoms with Gasteiger partial charge in [-0.05, 0) is 43.7 Å². The Hall–Kier alpha value is -2.90. The molecule has 1 aliphatic rings. The molecule has 2 aromatic carbocycles. The number of hydrogen-bond donors (Lipinski definition) is 1. The Kier molecular flexibility index (Phi) is 8.47. The van der Waals surface area contributed by atoms with Gasteiger partial charge in [0.15, 0.2) is 0 Å². The minimum absolute atomic E-state index is 0.0915. The SMILES string of the molecule is CO[C@H]1CN(C)C(=O)c2cc(NC(=O)Cc3ccccc3)ccc2OC[C@H](C)N(C)C[C@@H]1C. The number of methoxy groups -OCH3 is 1. The third kappa shape index (κ3) is 6.55. The lowest BCUT2D eigenvalue weighted by atomic mass is 10.0. The van der Waals surface area contributed by atoms with Gasteiger partial charge in [0.25, 0.3) is 5.91 Å². The summed E-state index contributed by atoms with van der Waals surface area (Å²) in [7, 11) is 5.53. The molecular weight excluding hydrogens is 418 g/mol. The molecular formula is C26H35N3O4. The first-order chi connectivity index (χ1) is 15.8. The lowest BCUT2D eigenvalue weighted by Gasteiger charge is -2.34. The molecule has 178 valence electrons. The summed E-state index contributed by atoms with van der Waals surface area (Å²) in [6, 6.07) is 14.9. The molecule has 1 aliphatic heterocycles. The van der Waals surface area contributed by atoms with E-state index in [9.17, 15) is 9.59 Å². The predicted molar refractivity (Wildman–Crippen MR) is 130 cm³/mol. The van der Waals surface area contributed by atoms with Crippen molar-refractivity contribution in [1.29, 1.82) is 0 Å². The summed E-state index contributed by atoms with van der Waals surface area (Å²) in [4.78, 5) is 29.8. The highest BCUT2D eigenvalue weighted by Gasteiger charge is 2.27. The average Bonchev–Trinajstić information content (AvgIpc) is 2.80. The molecule has 0 saturated heterocycles. The number of likely N-dealkylation sites (N-methyl/N-ethyl adjacent to an activating group) is 2. The standard InChI is InChI=1S/C26H35N3O4/c1-18-15-28(3)19(2)17-33-23-12-11-21(27-25(30)13-20-9-7-6-8-10-20)14-22(23)26(31)29(4)16-24(18)32-5/h6-12,14,18-19,24H,13,15-17H2,1-5H3,(H,27,30)/t18-,19-,24-/m0/s1. The summed E-state index contributed by atoms with van der Waals surface area (Å²) in [5, 5.41) is 2.91. The molecule has 0 unspecified atom stereocenters. The smallest absolute Gasteiger partial charge is 0.257 e. The van der Waals surface area contributed by atoms with Crippen LogP contribution in [0.2, 0.25) is 0 Å². The van der Waals surface area contributed by atoms with Gasteiger partial charge < -0.3 is 19.7 Å². The largest absolute Gasteiger partial charge is 0.491 e. The van der Waals surface area contributed by atoms with Gasteiger partial charge in [0, 0.05) is 39.0 Å². The van der Waals surface area contributed by atoms with Crippen molar-refractivity contribution in [1.82, 2.24) is 9.80 Å². The van der Waals surface area contributed by atoms with Crippen LogP contribution < -0.4 is 10.1 Å². The normalized spacial score (nSPS) is 22.5. The van der Waals surface area contributed by atoms with E-state index in [2.05, 4.69) is 31.1 Å². The van der Waals surface area contributed by atoms with Gasteiger partial charge in [0.1, 0.15) is 12.4 Å². The van der Waals surface area contributed by atoms with Gasteiger partial charge in [0.2, 0.25) is 5.91 Å². The Balaban J connectivity index is 1.85. The molecule has 0 aliphatic carbocycles. The zero-order valence-electron chi connectivity index (χ0n) is 20.2. The van der Waals surface area contributed by atoms with E-state index in [0.29, 0.717) is 30.2 Å². The van der Waals surface area contributed by atoms with E-state index >= 15 is 0 Å². The summed E-state index contributed by atoms with van der Waals surface area (Å²) in [5.74, 6) is 0.440. The maximum absolute atomic E-state index is 13.4. The van der Waals surface area contributed by atoms with E-state index < -0.39 is 0 Å². The third-order valence-corrected chi connectivity index (χ3v) is 6.25. The van der Waals surface area contributed by atoms with Crippen LogP contribution in [-0.2, 0) is 16.0 Å². The first kappa shape index (κ1) is 24.7. The Morgan fingerprint density at radius 2 is 1.85 bits per heavy atom. The van der Waals surface area contributed by atoms with Crippen molar-refractivity contribution in [2.24, 2.45) is 5.92 Å². The highest BCUT2D eigenvalue weighted by Crippen LogP contribution is 2.26. The van der Waals surface area contributed by atoms with Crippen molar-refractivity contribution in [3.8, 4) is 5.75 Å². The highest BCUT2D eigenvalue weighted by atomic mass is 16.5. The number of anilines is 1. The van der Waals surface area contributed by atoms with Crippen LogP contribution in [0, 0.1) is 5.92 Å². The van der Waals surface area contributed by atoms with Crippen LogP contribution in [0.25, 0.3) is 0 Å². The van der Waals surface area contributed by atoms with Crippen molar-refractivity contribution in [2.75, 3.05) is 46.2 Å². The second-order valence-electron chi connectivity index (χ2n) is 8.96. The first-order valence-electron chi connectivity index (χ1n) is 11.4. The molecule has 0 spiro atoms. The van der Waals surface area contributed by atoms with Crippen molar-refractivity contribution in [3.05, 3.63) is 59.7 Å². The van der Waals surface area contributed by atoms with Crippen LogP contribution in [0.3, 0.4) is 0 Å². The molecule has 3 atom stereocenters. The fraction of sp³-hybridized carbons (Fsp3) is 0.462. The highest BCUT2D eigenvalue weighted by molar-refractivity contribution is 5.99. The maximum atomic E-state index is 13.4. The number of amides is 2. The molecule has 0 saturated carbocycles. The summed E-state index contributed by atoms with van der Waals surface area (Å²) in [6.45, 7) is 5.99. The fourth-order valence-electron chi connectivity index (χ4n) is 4.02. The van der Waals surface area contributed by atoms with E-state index in [1.165, 1.54) is 0 Å². The van der Waals surface area contributed by atoms with Gasteiger partial charge in [0.05, 0.1) is 18.1 Å². The molecule has 2 amide bonds. The Bertz CT molecular complexity index is 950. The van der Waals surface area contributed by atoms with Gasteiger partial charge >= 0.3 is 0 Å². The molecule has 2 aromatic rings. The maximum Gasteiger partial charge on any atom is 0.257 e. The van der Waals surface area contributed by atoms with Crippen LogP contribution >= 0.6 is 0 Å². The number of nitrogens with one attached hydrogen (secondary N) is 1. The van der Waals surface area contributed by atoms with Crippen LogP contribution in [0.1, 0.15) is 29.8 Å². The Morgan fingerprint density at radius 1 is 1.12 bits per heavy atom. The first-order valence-corrected chi connectivity index (χ1v) is 11.4. The number of nitrogens with zero attached hydrogens (tertiary/aromatic N) is 2. The Labute approximate surface area is 196 Å². The summed E-state index contributed by atoms with van der Waals surface area (Å²) < 4.78 is 11.8. The number of ether oxygens (including phenoxy) is 2. The number of carbonyl (C=O) groups excluding carboxylic acids is 2. The number of benzene rings is 2. The molecule has 0 aromatic heterocycles. The molecule has 1 heterocycles. The number of carbonyl (C=O) groups is 2. The number of rotatable bonds is 4. The second-order valence-corrected chi connectivity index (χ2v) is 8.96. The lowest BCUT2D eigenvalue weighted by Crippen LogP contribution is -2.45. The molecule has 33 heavy (non-hydrogen) atoms. The molecule has 0 radical (unpaired) electrons. The average molecular weight is 454 g/mol. The summed E-state index contributed by atoms with van der Waals surface area (Å²) in [5.41, 5.74) is 1.92. The van der Waals surface area contributed by atoms with Crippen molar-refractivity contribution < 1.29 is 19.1 Å². The lowest BCUT2D eigenvalue weighted by molar-refractivity contribution is -0.115. The van der Waals surface area contributed by atoms with Gasteiger partial charge in [-0.2, -0.15) is 0 Å². The quantitative estimate of drug-likeness (QED) is 0.769. The zero-order valence-corrected chi connectivity index (χ0v) is 20.2. The van der Waals surface area contributed by atoms with Gasteiger partial charge in [-0.25, -0.2) is 0 Å². The molecule has 0 fully saturated rings. The van der Waals surface area contributed by atoms with Crippen LogP contribution in [0.5, 0.6) is 5.75 Å². The number of hydrogen-bond acceptors (Lipinski definition) is 5. The van der Waals surface area contributed by atoms with E-state index in [-0.39, 0.29) is 36.3 Å². The third-order valence-electron chi connectivity index (χ3n) is 6.25. The van der Waals surface area contributed by atoms with E-state index in [1.54, 1.807) is 37.3 Å². The zero-order chi connectivity index (χ0) is 24.0. The van der Waals surface area contributed by atoms with Crippen molar-refractivity contribution in [2.45, 2.75) is 32.4 Å². The van der Waals surface area contributed by atoms with E-state index in [1.807, 2.05) is 30.3 Å². The van der Waals surface area contributed by atoms with E-state index in [4.69, 9.17) is 9.47 Å². The monoisotopic (exact) mass is 453 g/mol.